The van der Waals surface area contributed by atoms with Crippen molar-refractivity contribution in [3.63, 3.8) is 0 Å². The summed E-state index contributed by atoms with van der Waals surface area (Å²) in [4.78, 5) is 7.94. The van der Waals surface area contributed by atoms with E-state index in [1.54, 1.807) is 6.07 Å². The van der Waals surface area contributed by atoms with Gasteiger partial charge in [0.25, 0.3) is 0 Å². The maximum Gasteiger partial charge on any atom is 0.130 e. The second kappa shape index (κ2) is 4.42. The Kier molecular flexibility index (Phi) is 3.18. The third-order valence-electron chi connectivity index (χ3n) is 2.31. The van der Waals surface area contributed by atoms with E-state index in [1.165, 1.54) is 6.33 Å². The molecule has 0 aromatic carbocycles. The van der Waals surface area contributed by atoms with Crippen molar-refractivity contribution in [2.75, 3.05) is 25.1 Å². The highest BCUT2D eigenvalue weighted by atomic mass is 79.9. The van der Waals surface area contributed by atoms with Gasteiger partial charge in [0, 0.05) is 25.6 Å². The Morgan fingerprint density at radius 1 is 1.60 bits per heavy atom. The molecule has 2 N–H and O–H groups in total. The van der Waals surface area contributed by atoms with Gasteiger partial charge in [0.15, 0.2) is 0 Å². The first kappa shape index (κ1) is 10.8. The van der Waals surface area contributed by atoms with Gasteiger partial charge in [-0.3, -0.25) is 0 Å². The predicted molar refractivity (Wildman–Crippen MR) is 58.6 cm³/mol. The van der Waals surface area contributed by atoms with Crippen LogP contribution >= 0.6 is 15.9 Å². The molecule has 5 nitrogen and oxygen atoms in total. The lowest BCUT2D eigenvalue weighted by Gasteiger charge is -2.20. The number of halogens is 1. The first-order valence-corrected chi connectivity index (χ1v) is 5.49. The summed E-state index contributed by atoms with van der Waals surface area (Å²) in [5.41, 5.74) is -0.766. The number of rotatable bonds is 3. The summed E-state index contributed by atoms with van der Waals surface area (Å²) in [7, 11) is 0. The van der Waals surface area contributed by atoms with E-state index in [1.807, 2.05) is 0 Å². The van der Waals surface area contributed by atoms with Gasteiger partial charge in [-0.15, -0.1) is 0 Å². The number of nitrogens with one attached hydrogen (secondary N) is 1. The minimum atomic E-state index is -0.766. The normalized spacial score (nSPS) is 25.5. The highest BCUT2D eigenvalue weighted by Crippen LogP contribution is 2.19. The van der Waals surface area contributed by atoms with Crippen molar-refractivity contribution < 1.29 is 9.84 Å². The smallest absolute Gasteiger partial charge is 0.130 e. The largest absolute Gasteiger partial charge is 0.386 e. The van der Waals surface area contributed by atoms with Crippen LogP contribution in [0.5, 0.6) is 0 Å². The van der Waals surface area contributed by atoms with Crippen LogP contribution in [0.4, 0.5) is 5.82 Å². The average Bonchev–Trinajstić information content (AvgIpc) is 2.63. The molecule has 1 aromatic heterocycles. The van der Waals surface area contributed by atoms with Gasteiger partial charge in [0.2, 0.25) is 0 Å². The molecule has 0 spiro atoms. The molecule has 2 heterocycles. The molecule has 1 unspecified atom stereocenters. The fourth-order valence-electron chi connectivity index (χ4n) is 1.42. The fraction of sp³-hybridized carbons (Fsp3) is 0.556. The number of hydrogen-bond acceptors (Lipinski definition) is 5. The summed E-state index contributed by atoms with van der Waals surface area (Å²) in [6.07, 6.45) is 2.12. The van der Waals surface area contributed by atoms with Crippen LogP contribution in [0, 0.1) is 0 Å². The highest BCUT2D eigenvalue weighted by Gasteiger charge is 2.31. The van der Waals surface area contributed by atoms with Gasteiger partial charge in [-0.1, -0.05) is 0 Å². The van der Waals surface area contributed by atoms with E-state index < -0.39 is 5.60 Å². The van der Waals surface area contributed by atoms with Crippen molar-refractivity contribution in [2.24, 2.45) is 0 Å². The van der Waals surface area contributed by atoms with Crippen LogP contribution in [-0.2, 0) is 4.74 Å². The van der Waals surface area contributed by atoms with Crippen molar-refractivity contribution in [3.8, 4) is 0 Å². The molecule has 0 saturated carbocycles. The molecule has 1 saturated heterocycles. The Bertz CT molecular complexity index is 342. The summed E-state index contributed by atoms with van der Waals surface area (Å²) >= 11 is 3.25. The molecule has 0 bridgehead atoms. The quantitative estimate of drug-likeness (QED) is 0.798. The Morgan fingerprint density at radius 2 is 2.47 bits per heavy atom. The van der Waals surface area contributed by atoms with Crippen LogP contribution in [-0.4, -0.2) is 40.4 Å². The van der Waals surface area contributed by atoms with E-state index in [4.69, 9.17) is 4.74 Å². The van der Waals surface area contributed by atoms with Crippen LogP contribution in [0.1, 0.15) is 6.42 Å². The first-order valence-electron chi connectivity index (χ1n) is 4.70. The minimum absolute atomic E-state index is 0.381. The fourth-order valence-corrected chi connectivity index (χ4v) is 1.73. The van der Waals surface area contributed by atoms with E-state index in [0.29, 0.717) is 32.0 Å². The second-order valence-electron chi connectivity index (χ2n) is 3.61. The number of nitrogens with zero attached hydrogens (tertiary/aromatic N) is 2. The molecule has 0 aliphatic carbocycles. The van der Waals surface area contributed by atoms with Gasteiger partial charge >= 0.3 is 0 Å². The van der Waals surface area contributed by atoms with Gasteiger partial charge in [-0.05, 0) is 15.9 Å². The van der Waals surface area contributed by atoms with Gasteiger partial charge in [0.05, 0.1) is 6.61 Å². The van der Waals surface area contributed by atoms with Crippen LogP contribution in [0.3, 0.4) is 0 Å². The Morgan fingerprint density at radius 3 is 3.13 bits per heavy atom. The maximum absolute atomic E-state index is 9.98. The summed E-state index contributed by atoms with van der Waals surface area (Å²) in [6.45, 7) is 1.44. The number of aromatic nitrogens is 2. The molecule has 15 heavy (non-hydrogen) atoms. The monoisotopic (exact) mass is 273 g/mol. The van der Waals surface area contributed by atoms with Crippen molar-refractivity contribution in [2.45, 2.75) is 12.0 Å². The molecule has 1 aromatic rings. The molecule has 1 aliphatic heterocycles. The Hall–Kier alpha value is -0.720. The molecule has 1 fully saturated rings. The van der Waals surface area contributed by atoms with Gasteiger partial charge in [-0.25, -0.2) is 9.97 Å². The molecule has 0 radical (unpaired) electrons. The summed E-state index contributed by atoms with van der Waals surface area (Å²) in [5, 5.41) is 13.0. The van der Waals surface area contributed by atoms with E-state index in [2.05, 4.69) is 31.2 Å². The summed E-state index contributed by atoms with van der Waals surface area (Å²) in [6, 6.07) is 1.76. The number of anilines is 1. The standard InChI is InChI=1S/C9H12BrN3O2/c10-7-3-8(13-6-12-7)11-4-9(14)1-2-15-5-9/h3,6,14H,1-2,4-5H2,(H,11,12,13). The molecule has 82 valence electrons. The Balaban J connectivity index is 1.92. The molecular weight excluding hydrogens is 262 g/mol. The Labute approximate surface area is 96.0 Å². The minimum Gasteiger partial charge on any atom is -0.386 e. The van der Waals surface area contributed by atoms with Crippen molar-refractivity contribution in [3.05, 3.63) is 17.0 Å². The molecule has 2 rings (SSSR count). The molecule has 1 aliphatic rings. The predicted octanol–water partition coefficient (Wildman–Crippen LogP) is 0.802. The molecular formula is C9H12BrN3O2. The summed E-state index contributed by atoms with van der Waals surface area (Å²) < 4.78 is 5.86. The van der Waals surface area contributed by atoms with Gasteiger partial charge in [0.1, 0.15) is 22.3 Å². The van der Waals surface area contributed by atoms with Gasteiger partial charge < -0.3 is 15.2 Å². The lowest BCUT2D eigenvalue weighted by atomic mass is 10.0. The zero-order chi connectivity index (χ0) is 10.7. The molecule has 1 atom stereocenters. The lowest BCUT2D eigenvalue weighted by molar-refractivity contribution is 0.0381. The highest BCUT2D eigenvalue weighted by molar-refractivity contribution is 9.10. The summed E-state index contributed by atoms with van der Waals surface area (Å²) in [5.74, 6) is 0.692. The van der Waals surface area contributed by atoms with Crippen molar-refractivity contribution in [1.82, 2.24) is 9.97 Å². The third-order valence-corrected chi connectivity index (χ3v) is 2.75. The van der Waals surface area contributed by atoms with E-state index in [-0.39, 0.29) is 0 Å². The zero-order valence-corrected chi connectivity index (χ0v) is 9.70. The second-order valence-corrected chi connectivity index (χ2v) is 4.42. The van der Waals surface area contributed by atoms with E-state index in [0.717, 1.165) is 4.60 Å². The van der Waals surface area contributed by atoms with Crippen LogP contribution in [0.2, 0.25) is 0 Å². The SMILES string of the molecule is OC1(CNc2cc(Br)ncn2)CCOC1. The lowest BCUT2D eigenvalue weighted by Crippen LogP contribution is -2.37. The van der Waals surface area contributed by atoms with Crippen LogP contribution in [0.15, 0.2) is 17.0 Å². The number of aliphatic hydroxyl groups is 1. The maximum atomic E-state index is 9.98. The number of ether oxygens (including phenoxy) is 1. The van der Waals surface area contributed by atoms with Crippen LogP contribution < -0.4 is 5.32 Å². The zero-order valence-electron chi connectivity index (χ0n) is 8.11. The van der Waals surface area contributed by atoms with Gasteiger partial charge in [-0.2, -0.15) is 0 Å². The molecule has 6 heteroatoms. The third kappa shape index (κ3) is 2.87. The van der Waals surface area contributed by atoms with E-state index in [9.17, 15) is 5.11 Å². The topological polar surface area (TPSA) is 67.3 Å². The average molecular weight is 274 g/mol. The van der Waals surface area contributed by atoms with Crippen molar-refractivity contribution >= 4 is 21.7 Å². The number of hydrogen-bond donors (Lipinski definition) is 2. The first-order chi connectivity index (χ1) is 7.18. The van der Waals surface area contributed by atoms with Crippen molar-refractivity contribution in [1.29, 1.82) is 0 Å². The molecule has 0 amide bonds. The van der Waals surface area contributed by atoms with E-state index >= 15 is 0 Å². The van der Waals surface area contributed by atoms with Crippen LogP contribution in [0.25, 0.3) is 0 Å².